The number of amides is 2. The monoisotopic (exact) mass is 317 g/mol. The second kappa shape index (κ2) is 8.67. The second-order valence-corrected chi connectivity index (χ2v) is 6.15. The summed E-state index contributed by atoms with van der Waals surface area (Å²) in [5.41, 5.74) is 6.90. The third-order valence-electron chi connectivity index (χ3n) is 4.44. The Hall–Kier alpha value is -1.88. The van der Waals surface area contributed by atoms with Gasteiger partial charge in [-0.15, -0.1) is 0 Å². The summed E-state index contributed by atoms with van der Waals surface area (Å²) >= 11 is 0. The quantitative estimate of drug-likeness (QED) is 0.859. The Kier molecular flexibility index (Phi) is 6.59. The molecule has 0 bridgehead atoms. The Balaban J connectivity index is 1.95. The second-order valence-electron chi connectivity index (χ2n) is 6.15. The molecule has 2 N–H and O–H groups in total. The minimum absolute atomic E-state index is 0.0529. The van der Waals surface area contributed by atoms with Gasteiger partial charge < -0.3 is 15.5 Å². The molecule has 5 nitrogen and oxygen atoms in total. The zero-order valence-corrected chi connectivity index (χ0v) is 13.9. The van der Waals surface area contributed by atoms with Gasteiger partial charge in [0.1, 0.15) is 0 Å². The first kappa shape index (κ1) is 17.5. The highest BCUT2D eigenvalue weighted by Gasteiger charge is 2.29. The van der Waals surface area contributed by atoms with Crippen LogP contribution >= 0.6 is 0 Å². The molecule has 0 aliphatic carbocycles. The zero-order valence-electron chi connectivity index (χ0n) is 13.9. The number of benzene rings is 1. The van der Waals surface area contributed by atoms with Crippen molar-refractivity contribution in [2.24, 2.45) is 11.7 Å². The van der Waals surface area contributed by atoms with Crippen molar-refractivity contribution >= 4 is 11.8 Å². The number of hydrogen-bond donors (Lipinski definition) is 1. The Labute approximate surface area is 138 Å². The molecule has 1 aromatic rings. The number of piperidine rings is 1. The van der Waals surface area contributed by atoms with Gasteiger partial charge in [0.25, 0.3) is 0 Å². The highest BCUT2D eigenvalue weighted by atomic mass is 16.2. The number of likely N-dealkylation sites (tertiary alicyclic amines) is 1. The van der Waals surface area contributed by atoms with Gasteiger partial charge in [0.15, 0.2) is 0 Å². The van der Waals surface area contributed by atoms with Crippen LogP contribution in [0.25, 0.3) is 0 Å². The van der Waals surface area contributed by atoms with E-state index in [9.17, 15) is 9.59 Å². The Morgan fingerprint density at radius 1 is 1.26 bits per heavy atom. The molecule has 1 aromatic carbocycles. The van der Waals surface area contributed by atoms with Gasteiger partial charge in [-0.1, -0.05) is 30.3 Å². The highest BCUT2D eigenvalue weighted by molar-refractivity contribution is 5.80. The van der Waals surface area contributed by atoms with E-state index in [1.54, 1.807) is 11.8 Å². The first-order chi connectivity index (χ1) is 11.1. The van der Waals surface area contributed by atoms with E-state index in [0.717, 1.165) is 25.8 Å². The van der Waals surface area contributed by atoms with Crippen LogP contribution in [0.3, 0.4) is 0 Å². The summed E-state index contributed by atoms with van der Waals surface area (Å²) in [7, 11) is 0. The van der Waals surface area contributed by atoms with Crippen molar-refractivity contribution in [1.82, 2.24) is 9.80 Å². The summed E-state index contributed by atoms with van der Waals surface area (Å²) in [5, 5.41) is 0. The van der Waals surface area contributed by atoms with E-state index in [1.165, 1.54) is 5.56 Å². The van der Waals surface area contributed by atoms with Gasteiger partial charge in [-0.25, -0.2) is 0 Å². The van der Waals surface area contributed by atoms with E-state index in [2.05, 4.69) is 12.1 Å². The lowest BCUT2D eigenvalue weighted by Gasteiger charge is -2.34. The third-order valence-corrected chi connectivity index (χ3v) is 4.44. The van der Waals surface area contributed by atoms with Gasteiger partial charge in [-0.2, -0.15) is 0 Å². The van der Waals surface area contributed by atoms with Crippen LogP contribution in [0.2, 0.25) is 0 Å². The summed E-state index contributed by atoms with van der Waals surface area (Å²) in [5.74, 6) is 0.101. The average Bonchev–Trinajstić information content (AvgIpc) is 2.59. The lowest BCUT2D eigenvalue weighted by molar-refractivity contribution is -0.140. The van der Waals surface area contributed by atoms with Crippen LogP contribution in [0.1, 0.15) is 25.3 Å². The predicted octanol–water partition coefficient (Wildman–Crippen LogP) is 1.27. The molecule has 0 spiro atoms. The maximum absolute atomic E-state index is 12.8. The van der Waals surface area contributed by atoms with Crippen molar-refractivity contribution in [3.63, 3.8) is 0 Å². The van der Waals surface area contributed by atoms with Crippen LogP contribution in [-0.2, 0) is 16.0 Å². The zero-order chi connectivity index (χ0) is 16.7. The van der Waals surface area contributed by atoms with E-state index >= 15 is 0 Å². The molecule has 0 radical (unpaired) electrons. The molecule has 0 saturated carbocycles. The summed E-state index contributed by atoms with van der Waals surface area (Å²) < 4.78 is 0. The third kappa shape index (κ3) is 5.06. The Morgan fingerprint density at radius 3 is 2.65 bits per heavy atom. The van der Waals surface area contributed by atoms with Crippen molar-refractivity contribution in [2.75, 3.05) is 32.7 Å². The summed E-state index contributed by atoms with van der Waals surface area (Å²) in [6.45, 7) is 4.59. The Bertz CT molecular complexity index is 518. The molecule has 1 heterocycles. The molecule has 2 amide bonds. The van der Waals surface area contributed by atoms with Crippen LogP contribution in [-0.4, -0.2) is 54.3 Å². The molecule has 0 aromatic heterocycles. The van der Waals surface area contributed by atoms with E-state index in [-0.39, 0.29) is 17.7 Å². The molecule has 1 atom stereocenters. The number of rotatable bonds is 6. The van der Waals surface area contributed by atoms with E-state index in [4.69, 9.17) is 5.73 Å². The van der Waals surface area contributed by atoms with Gasteiger partial charge in [-0.3, -0.25) is 9.59 Å². The summed E-state index contributed by atoms with van der Waals surface area (Å²) in [4.78, 5) is 28.0. The molecule has 1 aliphatic heterocycles. The van der Waals surface area contributed by atoms with Crippen LogP contribution in [0.5, 0.6) is 0 Å². The fourth-order valence-electron chi connectivity index (χ4n) is 3.12. The molecule has 1 unspecified atom stereocenters. The number of carbonyl (C=O) groups is 2. The van der Waals surface area contributed by atoms with Gasteiger partial charge >= 0.3 is 0 Å². The van der Waals surface area contributed by atoms with Crippen LogP contribution < -0.4 is 5.73 Å². The molecule has 23 heavy (non-hydrogen) atoms. The number of carbonyl (C=O) groups excluding carboxylic acids is 2. The molecule has 1 saturated heterocycles. The number of nitrogens with zero attached hydrogens (tertiary/aromatic N) is 2. The molecule has 2 rings (SSSR count). The van der Waals surface area contributed by atoms with E-state index < -0.39 is 0 Å². The molecular formula is C18H27N3O2. The predicted molar refractivity (Wildman–Crippen MR) is 90.8 cm³/mol. The highest BCUT2D eigenvalue weighted by Crippen LogP contribution is 2.19. The standard InChI is InChI=1S/C18H27N3O2/c1-15(22)21-11-5-8-17(14-21)18(23)20(13-10-19)12-9-16-6-3-2-4-7-16/h2-4,6-7,17H,5,8-14,19H2,1H3. The SMILES string of the molecule is CC(=O)N1CCCC(C(=O)N(CCN)CCc2ccccc2)C1. The smallest absolute Gasteiger partial charge is 0.227 e. The maximum Gasteiger partial charge on any atom is 0.227 e. The van der Waals surface area contributed by atoms with Crippen LogP contribution in [0, 0.1) is 5.92 Å². The lowest BCUT2D eigenvalue weighted by atomic mass is 9.96. The molecule has 1 aliphatic rings. The van der Waals surface area contributed by atoms with Crippen LogP contribution in [0.15, 0.2) is 30.3 Å². The lowest BCUT2D eigenvalue weighted by Crippen LogP contribution is -2.47. The average molecular weight is 317 g/mol. The normalized spacial score (nSPS) is 17.8. The van der Waals surface area contributed by atoms with Gasteiger partial charge in [0.2, 0.25) is 11.8 Å². The van der Waals surface area contributed by atoms with Crippen molar-refractivity contribution in [3.05, 3.63) is 35.9 Å². The first-order valence-electron chi connectivity index (χ1n) is 8.40. The number of nitrogens with two attached hydrogens (primary N) is 1. The summed E-state index contributed by atoms with van der Waals surface area (Å²) in [6, 6.07) is 10.2. The fourth-order valence-corrected chi connectivity index (χ4v) is 3.12. The van der Waals surface area contributed by atoms with Crippen molar-refractivity contribution < 1.29 is 9.59 Å². The molecular weight excluding hydrogens is 290 g/mol. The van der Waals surface area contributed by atoms with Crippen molar-refractivity contribution in [3.8, 4) is 0 Å². The maximum atomic E-state index is 12.8. The topological polar surface area (TPSA) is 66.6 Å². The van der Waals surface area contributed by atoms with E-state index in [0.29, 0.717) is 26.2 Å². The van der Waals surface area contributed by atoms with Crippen LogP contribution in [0.4, 0.5) is 0 Å². The van der Waals surface area contributed by atoms with Gasteiger partial charge in [0.05, 0.1) is 5.92 Å². The van der Waals surface area contributed by atoms with Crippen molar-refractivity contribution in [1.29, 1.82) is 0 Å². The molecule has 126 valence electrons. The first-order valence-corrected chi connectivity index (χ1v) is 8.40. The molecule has 1 fully saturated rings. The van der Waals surface area contributed by atoms with E-state index in [1.807, 2.05) is 23.1 Å². The minimum Gasteiger partial charge on any atom is -0.342 e. The van der Waals surface area contributed by atoms with Gasteiger partial charge in [-0.05, 0) is 24.8 Å². The van der Waals surface area contributed by atoms with Crippen molar-refractivity contribution in [2.45, 2.75) is 26.2 Å². The number of hydrogen-bond acceptors (Lipinski definition) is 3. The molecule has 5 heteroatoms. The summed E-state index contributed by atoms with van der Waals surface area (Å²) in [6.07, 6.45) is 2.58. The fraction of sp³-hybridized carbons (Fsp3) is 0.556. The minimum atomic E-state index is -0.0880. The largest absolute Gasteiger partial charge is 0.342 e. The van der Waals surface area contributed by atoms with Gasteiger partial charge in [0, 0.05) is 39.6 Å². The Morgan fingerprint density at radius 2 is 2.00 bits per heavy atom.